The molecule has 1 aromatic heterocycles. The molecular weight excluding hydrogens is 242 g/mol. The minimum Gasteiger partial charge on any atom is -0.465 e. The molecule has 0 aliphatic heterocycles. The van der Waals surface area contributed by atoms with Crippen LogP contribution in [-0.2, 0) is 11.2 Å². The van der Waals surface area contributed by atoms with Gasteiger partial charge in [0.1, 0.15) is 0 Å². The summed E-state index contributed by atoms with van der Waals surface area (Å²) in [6, 6.07) is 11.1. The molecule has 0 aliphatic carbocycles. The van der Waals surface area contributed by atoms with E-state index in [1.165, 1.54) is 7.11 Å². The lowest BCUT2D eigenvalue weighted by molar-refractivity contribution is 0.0599. The van der Waals surface area contributed by atoms with Gasteiger partial charge in [-0.15, -0.1) is 0 Å². The summed E-state index contributed by atoms with van der Waals surface area (Å²) in [5, 5.41) is 0. The molecule has 0 bridgehead atoms. The van der Waals surface area contributed by atoms with Crippen LogP contribution in [0.2, 0.25) is 0 Å². The molecule has 1 aromatic carbocycles. The zero-order valence-electron chi connectivity index (χ0n) is 10.9. The van der Waals surface area contributed by atoms with Gasteiger partial charge in [0.05, 0.1) is 12.7 Å². The maximum Gasteiger partial charge on any atom is 0.338 e. The molecule has 0 spiro atoms. The van der Waals surface area contributed by atoms with Gasteiger partial charge in [0.25, 0.3) is 5.56 Å². The molecule has 19 heavy (non-hydrogen) atoms. The largest absolute Gasteiger partial charge is 0.465 e. The van der Waals surface area contributed by atoms with E-state index in [9.17, 15) is 9.59 Å². The van der Waals surface area contributed by atoms with E-state index in [-0.39, 0.29) is 5.56 Å². The summed E-state index contributed by atoms with van der Waals surface area (Å²) in [5.41, 5.74) is 2.00. The van der Waals surface area contributed by atoms with Crippen molar-refractivity contribution in [3.05, 3.63) is 57.9 Å². The van der Waals surface area contributed by atoms with Gasteiger partial charge >= 0.3 is 5.97 Å². The topological polar surface area (TPSA) is 59.2 Å². The summed E-state index contributed by atoms with van der Waals surface area (Å²) in [5.74, 6) is -0.486. The molecule has 0 atom stereocenters. The molecule has 4 nitrogen and oxygen atoms in total. The SMILES string of the molecule is CCc1c(C(=O)OC)cc(-c2ccccc2)[nH]c1=O. The van der Waals surface area contributed by atoms with Crippen molar-refractivity contribution in [3.63, 3.8) is 0 Å². The fourth-order valence-electron chi connectivity index (χ4n) is 2.00. The Balaban J connectivity index is 2.64. The van der Waals surface area contributed by atoms with Crippen molar-refractivity contribution in [2.24, 2.45) is 0 Å². The normalized spacial score (nSPS) is 10.2. The zero-order valence-corrected chi connectivity index (χ0v) is 10.9. The van der Waals surface area contributed by atoms with Crippen molar-refractivity contribution in [1.29, 1.82) is 0 Å². The fourth-order valence-corrected chi connectivity index (χ4v) is 2.00. The van der Waals surface area contributed by atoms with E-state index < -0.39 is 5.97 Å². The molecular formula is C15H15NO3. The van der Waals surface area contributed by atoms with Crippen molar-refractivity contribution in [2.75, 3.05) is 7.11 Å². The van der Waals surface area contributed by atoms with Gasteiger partial charge in [-0.05, 0) is 18.1 Å². The van der Waals surface area contributed by atoms with Crippen molar-refractivity contribution in [3.8, 4) is 11.3 Å². The number of pyridine rings is 1. The Hall–Kier alpha value is -2.36. The quantitative estimate of drug-likeness (QED) is 0.859. The Kier molecular flexibility index (Phi) is 3.80. The minimum atomic E-state index is -0.486. The van der Waals surface area contributed by atoms with Gasteiger partial charge in [0.2, 0.25) is 0 Å². The lowest BCUT2D eigenvalue weighted by atomic mass is 10.0. The van der Waals surface area contributed by atoms with Crippen LogP contribution in [-0.4, -0.2) is 18.1 Å². The predicted octanol–water partition coefficient (Wildman–Crippen LogP) is 2.39. The van der Waals surface area contributed by atoms with Crippen LogP contribution in [0.25, 0.3) is 11.3 Å². The first-order valence-corrected chi connectivity index (χ1v) is 6.07. The van der Waals surface area contributed by atoms with Crippen LogP contribution < -0.4 is 5.56 Å². The average molecular weight is 257 g/mol. The number of methoxy groups -OCH3 is 1. The monoisotopic (exact) mass is 257 g/mol. The van der Waals surface area contributed by atoms with Crippen LogP contribution in [0.15, 0.2) is 41.2 Å². The van der Waals surface area contributed by atoms with Gasteiger partial charge in [-0.25, -0.2) is 4.79 Å². The summed E-state index contributed by atoms with van der Waals surface area (Å²) in [6.45, 7) is 1.83. The molecule has 0 fully saturated rings. The second-order valence-corrected chi connectivity index (χ2v) is 4.12. The highest BCUT2D eigenvalue weighted by molar-refractivity contribution is 5.92. The lowest BCUT2D eigenvalue weighted by Crippen LogP contribution is -2.19. The number of aromatic nitrogens is 1. The Labute approximate surface area is 111 Å². The average Bonchev–Trinajstić information content (AvgIpc) is 2.46. The second-order valence-electron chi connectivity index (χ2n) is 4.12. The highest BCUT2D eigenvalue weighted by atomic mass is 16.5. The predicted molar refractivity (Wildman–Crippen MR) is 73.2 cm³/mol. The van der Waals surface area contributed by atoms with E-state index in [1.54, 1.807) is 6.07 Å². The van der Waals surface area contributed by atoms with Crippen molar-refractivity contribution in [1.82, 2.24) is 4.98 Å². The Morgan fingerprint density at radius 1 is 1.26 bits per heavy atom. The van der Waals surface area contributed by atoms with Gasteiger partial charge in [-0.1, -0.05) is 37.3 Å². The van der Waals surface area contributed by atoms with E-state index >= 15 is 0 Å². The maximum absolute atomic E-state index is 12.0. The molecule has 4 heteroatoms. The van der Waals surface area contributed by atoms with Crippen LogP contribution in [0.4, 0.5) is 0 Å². The number of aromatic amines is 1. The fraction of sp³-hybridized carbons (Fsp3) is 0.200. The van der Waals surface area contributed by atoms with Crippen LogP contribution in [0.3, 0.4) is 0 Å². The molecule has 0 amide bonds. The molecule has 1 heterocycles. The number of hydrogen-bond donors (Lipinski definition) is 1. The molecule has 2 rings (SSSR count). The number of carbonyl (C=O) groups excluding carboxylic acids is 1. The van der Waals surface area contributed by atoms with Crippen molar-refractivity contribution < 1.29 is 9.53 Å². The first kappa shape index (κ1) is 13.1. The molecule has 2 aromatic rings. The maximum atomic E-state index is 12.0. The Morgan fingerprint density at radius 3 is 2.53 bits per heavy atom. The van der Waals surface area contributed by atoms with E-state index in [0.717, 1.165) is 5.56 Å². The number of benzene rings is 1. The van der Waals surface area contributed by atoms with Gasteiger partial charge < -0.3 is 9.72 Å². The summed E-state index contributed by atoms with van der Waals surface area (Å²) in [6.07, 6.45) is 0.481. The van der Waals surface area contributed by atoms with Crippen molar-refractivity contribution in [2.45, 2.75) is 13.3 Å². The number of H-pyrrole nitrogens is 1. The molecule has 1 N–H and O–H groups in total. The summed E-state index contributed by atoms with van der Waals surface area (Å²) >= 11 is 0. The van der Waals surface area contributed by atoms with Crippen molar-refractivity contribution >= 4 is 5.97 Å². The van der Waals surface area contributed by atoms with Crippen LogP contribution in [0, 0.1) is 0 Å². The number of ether oxygens (including phenoxy) is 1. The molecule has 0 unspecified atom stereocenters. The molecule has 0 saturated carbocycles. The molecule has 0 saturated heterocycles. The summed E-state index contributed by atoms with van der Waals surface area (Å²) in [7, 11) is 1.31. The van der Waals surface area contributed by atoms with E-state index in [0.29, 0.717) is 23.2 Å². The van der Waals surface area contributed by atoms with Crippen LogP contribution >= 0.6 is 0 Å². The van der Waals surface area contributed by atoms with E-state index in [4.69, 9.17) is 4.74 Å². The van der Waals surface area contributed by atoms with Gasteiger partial charge in [-0.3, -0.25) is 4.79 Å². The van der Waals surface area contributed by atoms with Crippen LogP contribution in [0.1, 0.15) is 22.8 Å². The smallest absolute Gasteiger partial charge is 0.338 e. The highest BCUT2D eigenvalue weighted by Crippen LogP contribution is 2.18. The third kappa shape index (κ3) is 2.57. The standard InChI is InChI=1S/C15H15NO3/c1-3-11-12(15(18)19-2)9-13(16-14(11)17)10-7-5-4-6-8-10/h4-9H,3H2,1-2H3,(H,16,17). The Morgan fingerprint density at radius 2 is 1.95 bits per heavy atom. The number of rotatable bonds is 3. The third-order valence-electron chi connectivity index (χ3n) is 2.98. The molecule has 0 aliphatic rings. The summed E-state index contributed by atoms with van der Waals surface area (Å²) < 4.78 is 4.73. The third-order valence-corrected chi connectivity index (χ3v) is 2.98. The second kappa shape index (κ2) is 5.52. The zero-order chi connectivity index (χ0) is 13.8. The lowest BCUT2D eigenvalue weighted by Gasteiger charge is -2.08. The van der Waals surface area contributed by atoms with Crippen LogP contribution in [0.5, 0.6) is 0 Å². The number of hydrogen-bond acceptors (Lipinski definition) is 3. The van der Waals surface area contributed by atoms with Gasteiger partial charge in [0, 0.05) is 11.3 Å². The highest BCUT2D eigenvalue weighted by Gasteiger charge is 2.15. The van der Waals surface area contributed by atoms with Gasteiger partial charge in [0.15, 0.2) is 0 Å². The minimum absolute atomic E-state index is 0.246. The Bertz CT molecular complexity index is 644. The summed E-state index contributed by atoms with van der Waals surface area (Å²) in [4.78, 5) is 26.6. The van der Waals surface area contributed by atoms with E-state index in [1.807, 2.05) is 37.3 Å². The molecule has 98 valence electrons. The number of carbonyl (C=O) groups is 1. The number of esters is 1. The first-order valence-electron chi connectivity index (χ1n) is 6.07. The first-order chi connectivity index (χ1) is 9.17. The number of nitrogens with one attached hydrogen (secondary N) is 1. The van der Waals surface area contributed by atoms with E-state index in [2.05, 4.69) is 4.98 Å². The molecule has 0 radical (unpaired) electrons. The van der Waals surface area contributed by atoms with Gasteiger partial charge in [-0.2, -0.15) is 0 Å².